The summed E-state index contributed by atoms with van der Waals surface area (Å²) in [5, 5.41) is 13.5. The van der Waals surface area contributed by atoms with E-state index < -0.39 is 0 Å². The maximum Gasteiger partial charge on any atom is 0.148 e. The lowest BCUT2D eigenvalue weighted by Crippen LogP contribution is -2.25. The van der Waals surface area contributed by atoms with Crippen LogP contribution >= 0.6 is 11.3 Å². The average molecular weight is 234 g/mol. The van der Waals surface area contributed by atoms with Gasteiger partial charge in [-0.15, -0.1) is 21.5 Å². The van der Waals surface area contributed by atoms with E-state index in [1.807, 2.05) is 36.6 Å². The Balaban J connectivity index is 2.11. The van der Waals surface area contributed by atoms with Crippen molar-refractivity contribution in [3.05, 3.63) is 29.6 Å². The Labute approximate surface area is 98.5 Å². The Morgan fingerprint density at radius 2 is 2.25 bits per heavy atom. The van der Waals surface area contributed by atoms with Gasteiger partial charge in [-0.2, -0.15) is 0 Å². The Kier molecular flexibility index (Phi) is 3.48. The van der Waals surface area contributed by atoms with Crippen molar-refractivity contribution in [2.45, 2.75) is 13.0 Å². The van der Waals surface area contributed by atoms with E-state index in [9.17, 15) is 0 Å². The molecule has 3 N–H and O–H groups in total. The van der Waals surface area contributed by atoms with E-state index in [1.54, 1.807) is 11.3 Å². The lowest BCUT2D eigenvalue weighted by Gasteiger charge is -2.10. The third kappa shape index (κ3) is 2.56. The van der Waals surface area contributed by atoms with Crippen molar-refractivity contribution in [1.82, 2.24) is 10.2 Å². The van der Waals surface area contributed by atoms with Crippen LogP contribution in [0, 0.1) is 0 Å². The summed E-state index contributed by atoms with van der Waals surface area (Å²) in [6.45, 7) is 2.59. The summed E-state index contributed by atoms with van der Waals surface area (Å²) in [6, 6.07) is 8.13. The zero-order valence-corrected chi connectivity index (χ0v) is 9.87. The predicted octanol–water partition coefficient (Wildman–Crippen LogP) is 1.96. The topological polar surface area (TPSA) is 63.8 Å². The highest BCUT2D eigenvalue weighted by Crippen LogP contribution is 2.22. The molecule has 0 bridgehead atoms. The number of nitrogens with two attached hydrogens (primary N) is 1. The third-order valence-corrected chi connectivity index (χ3v) is 3.08. The zero-order valence-electron chi connectivity index (χ0n) is 9.05. The van der Waals surface area contributed by atoms with Gasteiger partial charge in [0.25, 0.3) is 0 Å². The minimum absolute atomic E-state index is 0.210. The smallest absolute Gasteiger partial charge is 0.148 e. The van der Waals surface area contributed by atoms with E-state index in [1.165, 1.54) is 0 Å². The van der Waals surface area contributed by atoms with Gasteiger partial charge >= 0.3 is 0 Å². The molecule has 0 aliphatic carbocycles. The molecule has 2 aromatic heterocycles. The van der Waals surface area contributed by atoms with Crippen LogP contribution in [0.1, 0.15) is 6.92 Å². The minimum atomic E-state index is 0.210. The van der Waals surface area contributed by atoms with Gasteiger partial charge in [0.05, 0.1) is 4.88 Å². The SMILES string of the molecule is CC(CN)Nc1ccc(-c2cccs2)nn1. The molecule has 0 saturated heterocycles. The summed E-state index contributed by atoms with van der Waals surface area (Å²) in [5.74, 6) is 0.762. The third-order valence-electron chi connectivity index (χ3n) is 2.19. The maximum absolute atomic E-state index is 5.52. The summed E-state index contributed by atoms with van der Waals surface area (Å²) in [4.78, 5) is 1.13. The number of hydrogen-bond donors (Lipinski definition) is 2. The molecule has 2 heterocycles. The van der Waals surface area contributed by atoms with Gasteiger partial charge in [0.1, 0.15) is 11.5 Å². The van der Waals surface area contributed by atoms with E-state index >= 15 is 0 Å². The van der Waals surface area contributed by atoms with Crippen LogP contribution < -0.4 is 11.1 Å². The zero-order chi connectivity index (χ0) is 11.4. The van der Waals surface area contributed by atoms with Gasteiger partial charge in [-0.3, -0.25) is 0 Å². The molecule has 16 heavy (non-hydrogen) atoms. The highest BCUT2D eigenvalue weighted by atomic mass is 32.1. The van der Waals surface area contributed by atoms with E-state index in [0.29, 0.717) is 6.54 Å². The number of nitrogens with zero attached hydrogens (tertiary/aromatic N) is 2. The van der Waals surface area contributed by atoms with Gasteiger partial charge in [0, 0.05) is 12.6 Å². The summed E-state index contributed by atoms with van der Waals surface area (Å²) < 4.78 is 0. The summed E-state index contributed by atoms with van der Waals surface area (Å²) >= 11 is 1.66. The normalized spacial score (nSPS) is 12.4. The van der Waals surface area contributed by atoms with Crippen molar-refractivity contribution in [2.24, 2.45) is 5.73 Å². The van der Waals surface area contributed by atoms with Crippen LogP contribution in [0.3, 0.4) is 0 Å². The van der Waals surface area contributed by atoms with Crippen LogP contribution in [0.5, 0.6) is 0 Å². The van der Waals surface area contributed by atoms with Crippen LogP contribution in [-0.4, -0.2) is 22.8 Å². The van der Waals surface area contributed by atoms with Crippen molar-refractivity contribution in [1.29, 1.82) is 0 Å². The molecule has 0 radical (unpaired) electrons. The van der Waals surface area contributed by atoms with Crippen LogP contribution in [0.4, 0.5) is 5.82 Å². The van der Waals surface area contributed by atoms with Crippen molar-refractivity contribution < 1.29 is 0 Å². The molecular weight excluding hydrogens is 220 g/mol. The van der Waals surface area contributed by atoms with E-state index in [-0.39, 0.29) is 6.04 Å². The van der Waals surface area contributed by atoms with Crippen molar-refractivity contribution in [2.75, 3.05) is 11.9 Å². The van der Waals surface area contributed by atoms with Crippen molar-refractivity contribution >= 4 is 17.2 Å². The standard InChI is InChI=1S/C11H14N4S/c1-8(7-12)13-11-5-4-9(14-15-11)10-3-2-6-16-10/h2-6,8H,7,12H2,1H3,(H,13,15). The van der Waals surface area contributed by atoms with Crippen molar-refractivity contribution in [3.8, 4) is 10.6 Å². The molecule has 0 amide bonds. The van der Waals surface area contributed by atoms with Gasteiger partial charge in [0.2, 0.25) is 0 Å². The molecule has 2 aromatic rings. The molecule has 0 aliphatic heterocycles. The molecule has 0 aliphatic rings. The van der Waals surface area contributed by atoms with E-state index in [2.05, 4.69) is 15.5 Å². The molecular formula is C11H14N4S. The first kappa shape index (κ1) is 11.0. The van der Waals surface area contributed by atoms with Crippen molar-refractivity contribution in [3.63, 3.8) is 0 Å². The number of aromatic nitrogens is 2. The first-order chi connectivity index (χ1) is 7.79. The summed E-state index contributed by atoms with van der Waals surface area (Å²) in [7, 11) is 0. The van der Waals surface area contributed by atoms with Crippen LogP contribution in [0.2, 0.25) is 0 Å². The Hall–Kier alpha value is -1.46. The highest BCUT2D eigenvalue weighted by Gasteiger charge is 2.03. The van der Waals surface area contributed by atoms with Gasteiger partial charge < -0.3 is 11.1 Å². The largest absolute Gasteiger partial charge is 0.365 e. The molecule has 5 heteroatoms. The van der Waals surface area contributed by atoms with E-state index in [0.717, 1.165) is 16.4 Å². The maximum atomic E-state index is 5.52. The van der Waals surface area contributed by atoms with Crippen LogP contribution in [-0.2, 0) is 0 Å². The molecule has 84 valence electrons. The number of rotatable bonds is 4. The quantitative estimate of drug-likeness (QED) is 0.849. The number of thiophene rings is 1. The van der Waals surface area contributed by atoms with Crippen LogP contribution in [0.25, 0.3) is 10.6 Å². The first-order valence-corrected chi connectivity index (χ1v) is 6.02. The van der Waals surface area contributed by atoms with Crippen LogP contribution in [0.15, 0.2) is 29.6 Å². The molecule has 4 nitrogen and oxygen atoms in total. The molecule has 0 spiro atoms. The Morgan fingerprint density at radius 1 is 1.38 bits per heavy atom. The molecule has 2 rings (SSSR count). The molecule has 0 saturated carbocycles. The second kappa shape index (κ2) is 5.05. The molecule has 1 atom stereocenters. The minimum Gasteiger partial charge on any atom is -0.365 e. The van der Waals surface area contributed by atoms with Gasteiger partial charge in [-0.05, 0) is 30.5 Å². The Morgan fingerprint density at radius 3 is 2.81 bits per heavy atom. The molecule has 0 aromatic carbocycles. The lowest BCUT2D eigenvalue weighted by atomic mass is 10.3. The van der Waals surface area contributed by atoms with Gasteiger partial charge in [0.15, 0.2) is 0 Å². The second-order valence-electron chi connectivity index (χ2n) is 3.56. The van der Waals surface area contributed by atoms with Gasteiger partial charge in [-0.25, -0.2) is 0 Å². The highest BCUT2D eigenvalue weighted by molar-refractivity contribution is 7.13. The number of hydrogen-bond acceptors (Lipinski definition) is 5. The molecule has 0 fully saturated rings. The fourth-order valence-electron chi connectivity index (χ4n) is 1.28. The predicted molar refractivity (Wildman–Crippen MR) is 67.5 cm³/mol. The van der Waals surface area contributed by atoms with E-state index in [4.69, 9.17) is 5.73 Å². The summed E-state index contributed by atoms with van der Waals surface area (Å²) in [6.07, 6.45) is 0. The van der Waals surface area contributed by atoms with Gasteiger partial charge in [-0.1, -0.05) is 6.07 Å². The second-order valence-corrected chi connectivity index (χ2v) is 4.51. The summed E-state index contributed by atoms with van der Waals surface area (Å²) in [5.41, 5.74) is 6.42. The monoisotopic (exact) mass is 234 g/mol. The fourth-order valence-corrected chi connectivity index (χ4v) is 1.97. The number of nitrogens with one attached hydrogen (secondary N) is 1. The fraction of sp³-hybridized carbons (Fsp3) is 0.273. The lowest BCUT2D eigenvalue weighted by molar-refractivity contribution is 0.792. The Bertz CT molecular complexity index is 424. The molecule has 1 unspecified atom stereocenters. The first-order valence-electron chi connectivity index (χ1n) is 5.14. The average Bonchev–Trinajstić information content (AvgIpc) is 2.83. The number of anilines is 1.